The van der Waals surface area contributed by atoms with E-state index in [0.717, 1.165) is 0 Å². The molecule has 0 N–H and O–H groups in total. The van der Waals surface area contributed by atoms with Gasteiger partial charge in [0, 0.05) is 27.5 Å². The maximum atomic E-state index is 8.52. The van der Waals surface area contributed by atoms with Gasteiger partial charge in [0.05, 0.1) is 0 Å². The van der Waals surface area contributed by atoms with E-state index in [9.17, 15) is 0 Å². The minimum atomic E-state index is -3.63. The molecule has 0 unspecified atom stereocenters. The molecule has 0 bridgehead atoms. The van der Waals surface area contributed by atoms with Gasteiger partial charge in [0.1, 0.15) is 0 Å². The average molecular weight is 306 g/mol. The first-order chi connectivity index (χ1) is 5.20. The Morgan fingerprint density at radius 2 is 0.533 bits per heavy atom. The topological polar surface area (TPSA) is 190 Å². The van der Waals surface area contributed by atoms with Gasteiger partial charge in [-0.2, -0.15) is 0 Å². The Morgan fingerprint density at radius 3 is 0.533 bits per heavy atom. The fourth-order valence-electron chi connectivity index (χ4n) is 0. The van der Waals surface area contributed by atoms with Gasteiger partial charge in [-0.25, -0.2) is 0 Å². The van der Waals surface area contributed by atoms with Crippen LogP contribution in [0.1, 0.15) is 0 Å². The average Bonchev–Trinajstić information content (AvgIpc) is 1.54. The molecule has 0 heterocycles. The van der Waals surface area contributed by atoms with Crippen LogP contribution < -0.4 is 28.8 Å². The quantitative estimate of drug-likeness (QED) is 0.391. The summed E-state index contributed by atoms with van der Waals surface area (Å²) in [5, 5.41) is 0. The van der Waals surface area contributed by atoms with Crippen molar-refractivity contribution in [2.24, 2.45) is 0 Å². The van der Waals surface area contributed by atoms with Crippen molar-refractivity contribution < 1.29 is 42.2 Å². The van der Waals surface area contributed by atoms with E-state index in [4.69, 9.17) is 42.2 Å². The molecule has 0 saturated heterocycles. The van der Waals surface area contributed by atoms with Crippen molar-refractivity contribution in [2.45, 2.75) is 0 Å². The van der Waals surface area contributed by atoms with Crippen molar-refractivity contribution >= 4 is 91.8 Å². The van der Waals surface area contributed by atoms with E-state index in [0.29, 0.717) is 0 Å². The third kappa shape index (κ3) is 2970. The van der Waals surface area contributed by atoms with E-state index in [1.54, 1.807) is 0 Å². The molecule has 0 saturated carbocycles. The van der Waals surface area contributed by atoms with Gasteiger partial charge in [-0.1, -0.05) is 0 Å². The molecule has 0 spiro atoms. The van der Waals surface area contributed by atoms with Crippen LogP contribution in [0.3, 0.4) is 0 Å². The second-order valence-electron chi connectivity index (χ2n) is 0.750. The first kappa shape index (κ1) is 36.0. The molecule has 0 aliphatic rings. The Bertz CT molecular complexity index is 121. The summed E-state index contributed by atoms with van der Waals surface area (Å²) in [5.41, 5.74) is 0. The van der Waals surface area contributed by atoms with Crippen molar-refractivity contribution in [1.82, 2.24) is 0 Å². The molecule has 9 nitrogen and oxygen atoms in total. The molecular weight excluding hydrogens is 305 g/mol. The van der Waals surface area contributed by atoms with E-state index < -0.39 is 27.5 Å². The summed E-state index contributed by atoms with van der Waals surface area (Å²) in [6.07, 6.45) is 0. The van der Waals surface area contributed by atoms with Crippen LogP contribution in [0.2, 0.25) is 0 Å². The first-order valence-electron chi connectivity index (χ1n) is 1.84. The van der Waals surface area contributed by atoms with Crippen LogP contribution in [0.5, 0.6) is 0 Å². The zero-order valence-corrected chi connectivity index (χ0v) is 11.6. The number of hydrogen-bond donors (Lipinski definition) is 0. The summed E-state index contributed by atoms with van der Waals surface area (Å²) >= 11 is 0. The monoisotopic (exact) mass is 306 g/mol. The third-order valence-electron chi connectivity index (χ3n) is 0. The first-order valence-corrected chi connectivity index (χ1v) is 5.51. The Hall–Kier alpha value is 0.916. The molecule has 0 aromatic rings. The maximum absolute atomic E-state index is 8.52. The normalized spacial score (nSPS) is 4.80. The standard InChI is InChI=1S/2Al.Na.3O3Si.H/c;;;3*1-4(2)3;/q2*+3;;3*-2;. The van der Waals surface area contributed by atoms with Gasteiger partial charge in [-0.3, -0.25) is 0 Å². The molecule has 0 aliphatic heterocycles. The second kappa shape index (κ2) is 29.4. The second-order valence-corrected chi connectivity index (χ2v) is 2.25. The molecular formula is HAl2NaO9Si3. The molecule has 15 heteroatoms. The SMILES string of the molecule is O=[Si]([O-])[O-].O=[Si]([O-])[O-].O=[Si]([O-])[O-].[Al+3].[Al+3].[NaH]. The van der Waals surface area contributed by atoms with Crippen LogP contribution in [0.15, 0.2) is 0 Å². The van der Waals surface area contributed by atoms with E-state index in [1.165, 1.54) is 0 Å². The molecule has 15 heavy (non-hydrogen) atoms. The number of hydrogen-bond acceptors (Lipinski definition) is 9. The Kier molecular flexibility index (Phi) is 70.5. The molecule has 0 aliphatic carbocycles. The van der Waals surface area contributed by atoms with Crippen molar-refractivity contribution in [2.75, 3.05) is 0 Å². The summed E-state index contributed by atoms with van der Waals surface area (Å²) in [4.78, 5) is 51.1. The zero-order valence-electron chi connectivity index (χ0n) is 6.33. The van der Waals surface area contributed by atoms with Crippen molar-refractivity contribution in [3.63, 3.8) is 0 Å². The molecule has 74 valence electrons. The molecule has 0 radical (unpaired) electrons. The van der Waals surface area contributed by atoms with Gasteiger partial charge in [0.2, 0.25) is 0 Å². The summed E-state index contributed by atoms with van der Waals surface area (Å²) in [5.74, 6) is 0. The Labute approximate surface area is 133 Å². The van der Waals surface area contributed by atoms with E-state index in [2.05, 4.69) is 0 Å². The van der Waals surface area contributed by atoms with E-state index in [-0.39, 0.29) is 64.3 Å². The van der Waals surface area contributed by atoms with Gasteiger partial charge < -0.3 is 42.2 Å². The molecule has 0 atom stereocenters. The fourth-order valence-corrected chi connectivity index (χ4v) is 0. The van der Waals surface area contributed by atoms with Gasteiger partial charge in [0.25, 0.3) is 0 Å². The molecule has 0 amide bonds. The Balaban J connectivity index is -0.0000000184. The molecule has 0 aromatic heterocycles. The summed E-state index contributed by atoms with van der Waals surface area (Å²) in [6, 6.07) is 0. The molecule has 0 fully saturated rings. The van der Waals surface area contributed by atoms with Crippen LogP contribution in [-0.2, 0) is 13.4 Å². The summed E-state index contributed by atoms with van der Waals surface area (Å²) in [7, 11) is -10.9. The van der Waals surface area contributed by atoms with Crippen LogP contribution >= 0.6 is 0 Å². The fraction of sp³-hybridized carbons (Fsp3) is 0. The van der Waals surface area contributed by atoms with Crippen molar-refractivity contribution in [1.29, 1.82) is 0 Å². The zero-order chi connectivity index (χ0) is 10.7. The van der Waals surface area contributed by atoms with E-state index >= 15 is 0 Å². The Morgan fingerprint density at radius 1 is 0.533 bits per heavy atom. The van der Waals surface area contributed by atoms with E-state index in [1.807, 2.05) is 0 Å². The minimum absolute atomic E-state index is 0. The van der Waals surface area contributed by atoms with Gasteiger partial charge in [-0.15, -0.1) is 0 Å². The van der Waals surface area contributed by atoms with Gasteiger partial charge in [-0.05, 0) is 0 Å². The summed E-state index contributed by atoms with van der Waals surface area (Å²) in [6.45, 7) is 0. The predicted octanol–water partition coefficient (Wildman–Crippen LogP) is -10.0. The van der Waals surface area contributed by atoms with Crippen LogP contribution in [-0.4, -0.2) is 91.8 Å². The van der Waals surface area contributed by atoms with Crippen molar-refractivity contribution in [3.8, 4) is 0 Å². The van der Waals surface area contributed by atoms with Gasteiger partial charge in [0.15, 0.2) is 0 Å². The van der Waals surface area contributed by atoms with Crippen molar-refractivity contribution in [3.05, 3.63) is 0 Å². The third-order valence-corrected chi connectivity index (χ3v) is 0. The summed E-state index contributed by atoms with van der Waals surface area (Å²) < 4.78 is 25.6. The van der Waals surface area contributed by atoms with Crippen LogP contribution in [0, 0.1) is 0 Å². The van der Waals surface area contributed by atoms with Crippen LogP contribution in [0.4, 0.5) is 0 Å². The molecule has 0 aromatic carbocycles. The molecule has 0 rings (SSSR count). The predicted molar refractivity (Wildman–Crippen MR) is 38.0 cm³/mol. The van der Waals surface area contributed by atoms with Gasteiger partial charge >= 0.3 is 64.3 Å². The van der Waals surface area contributed by atoms with Crippen LogP contribution in [0.25, 0.3) is 0 Å². The number of rotatable bonds is 0.